The highest BCUT2D eigenvalue weighted by Gasteiger charge is 2.32. The van der Waals surface area contributed by atoms with E-state index >= 15 is 0 Å². The van der Waals surface area contributed by atoms with Gasteiger partial charge in [-0.1, -0.05) is 36.2 Å². The number of rotatable bonds is 7. The Labute approximate surface area is 192 Å². The van der Waals surface area contributed by atoms with Gasteiger partial charge in [0, 0.05) is 10.0 Å². The summed E-state index contributed by atoms with van der Waals surface area (Å²) < 4.78 is 37.4. The Morgan fingerprint density at radius 3 is 2.29 bits per heavy atom. The van der Waals surface area contributed by atoms with Crippen LogP contribution in [0.1, 0.15) is 31.9 Å². The van der Waals surface area contributed by atoms with E-state index < -0.39 is 22.0 Å². The highest BCUT2D eigenvalue weighted by atomic mass is 35.5. The standard InChI is InChI=1S/C21H24Cl2N2O5S/c1-4-18(25(31(3,27)28)17-11-15(22)10-16(23)12-17)21(26)24-13(2)14-5-6-19-20(9-14)30-8-7-29-19/h5-6,9-13,18H,4,7-8H2,1-3H3,(H,24,26). The van der Waals surface area contributed by atoms with Gasteiger partial charge in [0.1, 0.15) is 19.3 Å². The van der Waals surface area contributed by atoms with Crippen LogP contribution in [0, 0.1) is 0 Å². The number of fused-ring (bicyclic) bond motifs is 1. The molecule has 1 heterocycles. The Hall–Kier alpha value is -2.16. The van der Waals surface area contributed by atoms with Gasteiger partial charge < -0.3 is 14.8 Å². The molecule has 0 saturated heterocycles. The summed E-state index contributed by atoms with van der Waals surface area (Å²) >= 11 is 12.1. The molecule has 0 aliphatic carbocycles. The molecule has 31 heavy (non-hydrogen) atoms. The van der Waals surface area contributed by atoms with Gasteiger partial charge in [0.05, 0.1) is 18.0 Å². The average molecular weight is 487 g/mol. The monoisotopic (exact) mass is 486 g/mol. The Morgan fingerprint density at radius 1 is 1.10 bits per heavy atom. The number of hydrogen-bond acceptors (Lipinski definition) is 5. The molecule has 2 unspecified atom stereocenters. The third-order valence-corrected chi connectivity index (χ3v) is 6.47. The first-order valence-corrected chi connectivity index (χ1v) is 12.4. The molecule has 1 N–H and O–H groups in total. The SMILES string of the molecule is CCC(C(=O)NC(C)c1ccc2c(c1)OCCO2)N(c1cc(Cl)cc(Cl)c1)S(C)(=O)=O. The highest BCUT2D eigenvalue weighted by molar-refractivity contribution is 7.92. The maximum absolute atomic E-state index is 13.1. The van der Waals surface area contributed by atoms with Crippen molar-refractivity contribution < 1.29 is 22.7 Å². The van der Waals surface area contributed by atoms with Crippen molar-refractivity contribution in [2.45, 2.75) is 32.4 Å². The lowest BCUT2D eigenvalue weighted by molar-refractivity contribution is -0.122. The van der Waals surface area contributed by atoms with Crippen LogP contribution in [0.25, 0.3) is 0 Å². The number of carbonyl (C=O) groups is 1. The molecule has 2 atom stereocenters. The summed E-state index contributed by atoms with van der Waals surface area (Å²) in [7, 11) is -3.80. The molecule has 0 spiro atoms. The molecule has 7 nitrogen and oxygen atoms in total. The fourth-order valence-electron chi connectivity index (χ4n) is 3.45. The van der Waals surface area contributed by atoms with Crippen molar-refractivity contribution in [3.05, 3.63) is 52.0 Å². The minimum absolute atomic E-state index is 0.231. The largest absolute Gasteiger partial charge is 0.486 e. The van der Waals surface area contributed by atoms with Crippen LogP contribution in [-0.2, 0) is 14.8 Å². The minimum Gasteiger partial charge on any atom is -0.486 e. The number of hydrogen-bond donors (Lipinski definition) is 1. The molecule has 1 amide bonds. The second-order valence-corrected chi connectivity index (χ2v) is 9.98. The van der Waals surface area contributed by atoms with Gasteiger partial charge in [0.2, 0.25) is 15.9 Å². The number of benzene rings is 2. The van der Waals surface area contributed by atoms with Crippen LogP contribution < -0.4 is 19.1 Å². The Balaban J connectivity index is 1.86. The number of ether oxygens (including phenoxy) is 2. The fourth-order valence-corrected chi connectivity index (χ4v) is 5.16. The van der Waals surface area contributed by atoms with Crippen LogP contribution in [0.2, 0.25) is 10.0 Å². The third-order valence-electron chi connectivity index (χ3n) is 4.86. The van der Waals surface area contributed by atoms with E-state index in [-0.39, 0.29) is 28.2 Å². The fraction of sp³-hybridized carbons (Fsp3) is 0.381. The van der Waals surface area contributed by atoms with Crippen molar-refractivity contribution in [2.24, 2.45) is 0 Å². The second-order valence-electron chi connectivity index (χ2n) is 7.24. The van der Waals surface area contributed by atoms with Gasteiger partial charge in [-0.25, -0.2) is 8.42 Å². The maximum atomic E-state index is 13.1. The zero-order chi connectivity index (χ0) is 22.8. The molecule has 0 saturated carbocycles. The van der Waals surface area contributed by atoms with E-state index in [1.165, 1.54) is 18.2 Å². The molecule has 0 aromatic heterocycles. The maximum Gasteiger partial charge on any atom is 0.244 e. The zero-order valence-corrected chi connectivity index (χ0v) is 19.7. The van der Waals surface area contributed by atoms with Crippen LogP contribution in [0.5, 0.6) is 11.5 Å². The first-order valence-electron chi connectivity index (χ1n) is 9.75. The van der Waals surface area contributed by atoms with E-state index in [9.17, 15) is 13.2 Å². The van der Waals surface area contributed by atoms with E-state index in [1.54, 1.807) is 13.0 Å². The average Bonchev–Trinajstić information content (AvgIpc) is 2.69. The highest BCUT2D eigenvalue weighted by Crippen LogP contribution is 2.33. The van der Waals surface area contributed by atoms with Crippen molar-refractivity contribution in [2.75, 3.05) is 23.8 Å². The van der Waals surface area contributed by atoms with E-state index in [1.807, 2.05) is 19.1 Å². The van der Waals surface area contributed by atoms with Gasteiger partial charge >= 0.3 is 0 Å². The van der Waals surface area contributed by atoms with Gasteiger partial charge in [-0.05, 0) is 49.2 Å². The molecule has 1 aliphatic rings. The summed E-state index contributed by atoms with van der Waals surface area (Å²) in [6.07, 6.45) is 1.29. The molecule has 0 radical (unpaired) electrons. The number of halogens is 2. The first-order chi connectivity index (χ1) is 14.6. The summed E-state index contributed by atoms with van der Waals surface area (Å²) in [4.78, 5) is 13.1. The van der Waals surface area contributed by atoms with Crippen molar-refractivity contribution in [1.29, 1.82) is 0 Å². The topological polar surface area (TPSA) is 84.9 Å². The van der Waals surface area contributed by atoms with E-state index in [0.717, 1.165) is 16.1 Å². The van der Waals surface area contributed by atoms with Crippen LogP contribution in [-0.4, -0.2) is 39.8 Å². The van der Waals surface area contributed by atoms with Crippen LogP contribution in [0.4, 0.5) is 5.69 Å². The molecule has 0 fully saturated rings. The van der Waals surface area contributed by atoms with Crippen molar-refractivity contribution >= 4 is 44.8 Å². The lowest BCUT2D eigenvalue weighted by Crippen LogP contribution is -2.49. The predicted octanol–water partition coefficient (Wildman–Crippen LogP) is 4.19. The first kappa shape index (κ1) is 23.5. The quantitative estimate of drug-likeness (QED) is 0.633. The van der Waals surface area contributed by atoms with Gasteiger partial charge in [-0.15, -0.1) is 0 Å². The summed E-state index contributed by atoms with van der Waals surface area (Å²) in [5, 5.41) is 3.45. The van der Waals surface area contributed by atoms with Gasteiger partial charge in [-0.2, -0.15) is 0 Å². The molecule has 2 aromatic carbocycles. The van der Waals surface area contributed by atoms with Crippen LogP contribution in [0.15, 0.2) is 36.4 Å². The normalized spacial score (nSPS) is 15.1. The number of sulfonamides is 1. The van der Waals surface area contributed by atoms with Gasteiger partial charge in [0.15, 0.2) is 11.5 Å². The number of nitrogens with zero attached hydrogens (tertiary/aromatic N) is 1. The van der Waals surface area contributed by atoms with Crippen molar-refractivity contribution in [3.8, 4) is 11.5 Å². The van der Waals surface area contributed by atoms with Gasteiger partial charge in [0.25, 0.3) is 0 Å². The Morgan fingerprint density at radius 2 is 1.71 bits per heavy atom. The minimum atomic E-state index is -3.80. The van der Waals surface area contributed by atoms with E-state index in [4.69, 9.17) is 32.7 Å². The number of carbonyl (C=O) groups excluding carboxylic acids is 1. The Bertz CT molecular complexity index is 1060. The van der Waals surface area contributed by atoms with Crippen molar-refractivity contribution in [1.82, 2.24) is 5.32 Å². The number of anilines is 1. The molecule has 10 heteroatoms. The van der Waals surface area contributed by atoms with Crippen LogP contribution >= 0.6 is 23.2 Å². The summed E-state index contributed by atoms with van der Waals surface area (Å²) in [6, 6.07) is 8.50. The second kappa shape index (κ2) is 9.54. The molecule has 168 valence electrons. The molecular formula is C21H24Cl2N2O5S. The Kier molecular flexibility index (Phi) is 7.24. The number of nitrogens with one attached hydrogen (secondary N) is 1. The van der Waals surface area contributed by atoms with E-state index in [2.05, 4.69) is 5.32 Å². The molecule has 3 rings (SSSR count). The molecule has 2 aromatic rings. The summed E-state index contributed by atoms with van der Waals surface area (Å²) in [6.45, 7) is 4.51. The lowest BCUT2D eigenvalue weighted by Gasteiger charge is -2.31. The van der Waals surface area contributed by atoms with Crippen LogP contribution in [0.3, 0.4) is 0 Å². The molecule has 0 bridgehead atoms. The summed E-state index contributed by atoms with van der Waals surface area (Å²) in [5.41, 5.74) is 1.04. The predicted molar refractivity (Wildman–Crippen MR) is 122 cm³/mol. The van der Waals surface area contributed by atoms with Gasteiger partial charge in [-0.3, -0.25) is 9.10 Å². The zero-order valence-electron chi connectivity index (χ0n) is 17.4. The molecular weight excluding hydrogens is 463 g/mol. The number of amides is 1. The van der Waals surface area contributed by atoms with E-state index in [0.29, 0.717) is 24.7 Å². The summed E-state index contributed by atoms with van der Waals surface area (Å²) in [5.74, 6) is 0.829. The third kappa shape index (κ3) is 5.56. The molecule has 1 aliphatic heterocycles. The lowest BCUT2D eigenvalue weighted by atomic mass is 10.1. The van der Waals surface area contributed by atoms with Crippen molar-refractivity contribution in [3.63, 3.8) is 0 Å². The smallest absolute Gasteiger partial charge is 0.244 e.